The summed E-state index contributed by atoms with van der Waals surface area (Å²) in [5.41, 5.74) is -0.841. The van der Waals surface area contributed by atoms with Gasteiger partial charge < -0.3 is 14.8 Å². The third-order valence-electron chi connectivity index (χ3n) is 4.41. The first-order valence-electron chi connectivity index (χ1n) is 8.91. The van der Waals surface area contributed by atoms with Crippen molar-refractivity contribution in [1.29, 1.82) is 0 Å². The number of benzene rings is 2. The molecule has 1 heterocycles. The van der Waals surface area contributed by atoms with Gasteiger partial charge >= 0.3 is 0 Å². The minimum atomic E-state index is -4.77. The third kappa shape index (κ3) is 5.28. The summed E-state index contributed by atoms with van der Waals surface area (Å²) < 4.78 is 33.5. The van der Waals surface area contributed by atoms with Gasteiger partial charge in [0.25, 0.3) is 15.7 Å². The molecule has 159 valence electrons. The Morgan fingerprint density at radius 2 is 1.77 bits per heavy atom. The van der Waals surface area contributed by atoms with Gasteiger partial charge in [-0.25, -0.2) is 0 Å². The van der Waals surface area contributed by atoms with E-state index in [1.807, 2.05) is 6.92 Å². The predicted molar refractivity (Wildman–Crippen MR) is 118 cm³/mol. The van der Waals surface area contributed by atoms with E-state index in [4.69, 9.17) is 11.6 Å². The van der Waals surface area contributed by atoms with Crippen LogP contribution in [0.15, 0.2) is 56.3 Å². The maximum atomic E-state index is 12.9. The summed E-state index contributed by atoms with van der Waals surface area (Å²) in [6, 6.07) is 8.71. The van der Waals surface area contributed by atoms with Crippen LogP contribution < -0.4 is 5.56 Å². The summed E-state index contributed by atoms with van der Waals surface area (Å²) in [7, 11) is -4.77. The number of unbranched alkanes of at least 4 members (excludes halogenated alkanes) is 1. The molecular weight excluding hydrogens is 457 g/mol. The van der Waals surface area contributed by atoms with Crippen LogP contribution in [0, 0.1) is 0 Å². The zero-order valence-electron chi connectivity index (χ0n) is 16.8. The SMILES string of the molecule is CCCCn1c(=O)c(N=Nc2cc(Cl)cc(S(=O)(=O)O)c2O)c(O)c2ccccc21.[Na]. The molecule has 12 heteroatoms. The second-order valence-corrected chi connectivity index (χ2v) is 8.30. The number of pyridine rings is 1. The number of aromatic hydroxyl groups is 2. The van der Waals surface area contributed by atoms with Crippen molar-refractivity contribution in [3.05, 3.63) is 51.8 Å². The van der Waals surface area contributed by atoms with E-state index in [9.17, 15) is 28.0 Å². The maximum absolute atomic E-state index is 12.9. The molecular formula is C19H18ClN3NaO6S. The Hall–Kier alpha value is -1.95. The zero-order valence-corrected chi connectivity index (χ0v) is 20.4. The molecule has 9 nitrogen and oxygen atoms in total. The van der Waals surface area contributed by atoms with E-state index in [0.29, 0.717) is 17.4 Å². The van der Waals surface area contributed by atoms with Crippen LogP contribution in [0.5, 0.6) is 11.5 Å². The largest absolute Gasteiger partial charge is 0.505 e. The molecule has 3 aromatic rings. The van der Waals surface area contributed by atoms with Crippen molar-refractivity contribution in [2.45, 2.75) is 31.2 Å². The normalized spacial score (nSPS) is 11.7. The number of fused-ring (bicyclic) bond motifs is 1. The van der Waals surface area contributed by atoms with Gasteiger partial charge in [-0.15, -0.1) is 10.2 Å². The molecule has 0 amide bonds. The van der Waals surface area contributed by atoms with E-state index in [1.54, 1.807) is 24.3 Å². The average Bonchev–Trinajstić information content (AvgIpc) is 2.69. The molecule has 0 fully saturated rings. The molecule has 3 N–H and O–H groups in total. The second-order valence-electron chi connectivity index (χ2n) is 6.47. The number of nitrogens with zero attached hydrogens (tertiary/aromatic N) is 3. The number of hydrogen-bond donors (Lipinski definition) is 3. The number of aryl methyl sites for hydroxylation is 1. The Bertz CT molecular complexity index is 1320. The van der Waals surface area contributed by atoms with Gasteiger partial charge in [0.15, 0.2) is 17.2 Å². The molecule has 0 aliphatic rings. The standard InChI is InChI=1S/C19H18ClN3O6S.Na/c1-2-3-8-23-14-7-5-4-6-12(14)17(24)16(19(23)26)22-21-13-9-11(20)10-15(18(13)25)30(27,28)29;/h4-7,9-10,24-25H,2-3,8H2,1H3,(H,27,28,29);. The van der Waals surface area contributed by atoms with Crippen LogP contribution in [-0.4, -0.2) is 57.3 Å². The van der Waals surface area contributed by atoms with Gasteiger partial charge in [0.05, 0.1) is 5.52 Å². The van der Waals surface area contributed by atoms with Crippen molar-refractivity contribution in [2.75, 3.05) is 0 Å². The van der Waals surface area contributed by atoms with Gasteiger partial charge in [-0.1, -0.05) is 37.1 Å². The zero-order chi connectivity index (χ0) is 22.1. The summed E-state index contributed by atoms with van der Waals surface area (Å²) in [5.74, 6) is -1.29. The third-order valence-corrected chi connectivity index (χ3v) is 5.50. The fourth-order valence-electron chi connectivity index (χ4n) is 2.94. The van der Waals surface area contributed by atoms with E-state index in [0.717, 1.165) is 25.0 Å². The topological polar surface area (TPSA) is 142 Å². The fourth-order valence-corrected chi connectivity index (χ4v) is 3.84. The van der Waals surface area contributed by atoms with Gasteiger partial charge in [-0.3, -0.25) is 9.35 Å². The van der Waals surface area contributed by atoms with E-state index in [1.165, 1.54) is 4.57 Å². The first kappa shape index (κ1) is 25.3. The number of aromatic nitrogens is 1. The molecule has 1 radical (unpaired) electrons. The quantitative estimate of drug-likeness (QED) is 0.278. The summed E-state index contributed by atoms with van der Waals surface area (Å²) in [4.78, 5) is 12.1. The molecule has 0 atom stereocenters. The smallest absolute Gasteiger partial charge is 0.298 e. The van der Waals surface area contributed by atoms with Crippen LogP contribution in [0.25, 0.3) is 10.9 Å². The summed E-state index contributed by atoms with van der Waals surface area (Å²) in [6.07, 6.45) is 1.56. The second kappa shape index (κ2) is 10.1. The summed E-state index contributed by atoms with van der Waals surface area (Å²) in [6.45, 7) is 2.37. The van der Waals surface area contributed by atoms with E-state index in [2.05, 4.69) is 10.2 Å². The van der Waals surface area contributed by atoms with Gasteiger partial charge in [-0.2, -0.15) is 8.42 Å². The molecule has 0 saturated carbocycles. The Morgan fingerprint density at radius 1 is 1.10 bits per heavy atom. The van der Waals surface area contributed by atoms with Crippen LogP contribution in [0.2, 0.25) is 5.02 Å². The minimum Gasteiger partial charge on any atom is -0.505 e. The van der Waals surface area contributed by atoms with Crippen LogP contribution in [-0.2, 0) is 16.7 Å². The molecule has 2 aromatic carbocycles. The van der Waals surface area contributed by atoms with Crippen molar-refractivity contribution < 1.29 is 23.2 Å². The van der Waals surface area contributed by atoms with Crippen molar-refractivity contribution in [3.8, 4) is 11.5 Å². The van der Waals surface area contributed by atoms with Crippen LogP contribution >= 0.6 is 11.6 Å². The first-order chi connectivity index (χ1) is 14.1. The summed E-state index contributed by atoms with van der Waals surface area (Å²) in [5, 5.41) is 28.4. The van der Waals surface area contributed by atoms with Gasteiger partial charge in [0, 0.05) is 46.5 Å². The first-order valence-corrected chi connectivity index (χ1v) is 10.7. The van der Waals surface area contributed by atoms with Crippen LogP contribution in [0.1, 0.15) is 19.8 Å². The van der Waals surface area contributed by atoms with Gasteiger partial charge in [0.1, 0.15) is 10.6 Å². The number of para-hydroxylation sites is 1. The van der Waals surface area contributed by atoms with E-state index >= 15 is 0 Å². The molecule has 0 aliphatic heterocycles. The molecule has 0 bridgehead atoms. The van der Waals surface area contributed by atoms with Gasteiger partial charge in [-0.05, 0) is 30.7 Å². The monoisotopic (exact) mass is 474 g/mol. The van der Waals surface area contributed by atoms with Crippen molar-refractivity contribution in [2.24, 2.45) is 10.2 Å². The minimum absolute atomic E-state index is 0. The average molecular weight is 475 g/mol. The molecule has 0 spiro atoms. The number of halogens is 1. The molecule has 1 aromatic heterocycles. The summed E-state index contributed by atoms with van der Waals surface area (Å²) >= 11 is 5.83. The van der Waals surface area contributed by atoms with E-state index in [-0.39, 0.29) is 40.3 Å². The number of hydrogen-bond acceptors (Lipinski definition) is 7. The molecule has 0 saturated heterocycles. The number of rotatable bonds is 6. The molecule has 0 unspecified atom stereocenters. The number of phenols is 1. The predicted octanol–water partition coefficient (Wildman–Crippen LogP) is 4.15. The Labute approximate surface area is 205 Å². The number of phenolic OH excluding ortho intramolecular Hbond substituents is 1. The molecule has 3 rings (SSSR count). The van der Waals surface area contributed by atoms with Crippen molar-refractivity contribution >= 4 is 73.6 Å². The van der Waals surface area contributed by atoms with Crippen LogP contribution in [0.4, 0.5) is 11.4 Å². The van der Waals surface area contributed by atoms with Gasteiger partial charge in [0.2, 0.25) is 0 Å². The van der Waals surface area contributed by atoms with E-state index < -0.39 is 37.8 Å². The Balaban J connectivity index is 0.00000341. The fraction of sp³-hybridized carbons (Fsp3) is 0.211. The van der Waals surface area contributed by atoms with Crippen molar-refractivity contribution in [3.63, 3.8) is 0 Å². The Kier molecular flexibility index (Phi) is 8.26. The number of azo groups is 1. The van der Waals surface area contributed by atoms with Crippen molar-refractivity contribution in [1.82, 2.24) is 4.57 Å². The van der Waals surface area contributed by atoms with Crippen LogP contribution in [0.3, 0.4) is 0 Å². The molecule has 0 aliphatic carbocycles. The maximum Gasteiger partial charge on any atom is 0.298 e. The molecule has 31 heavy (non-hydrogen) atoms. The Morgan fingerprint density at radius 3 is 2.42 bits per heavy atom.